The molecule has 5 fully saturated rings. The molecule has 0 aromatic rings. The van der Waals surface area contributed by atoms with Gasteiger partial charge in [0.15, 0.2) is 31.5 Å². The molecule has 30 nitrogen and oxygen atoms in total. The maximum atomic E-state index is 12.8. The minimum absolute atomic E-state index is 0.524. The van der Waals surface area contributed by atoms with E-state index in [4.69, 9.17) is 42.6 Å². The molecule has 0 saturated carbocycles. The number of carbonyl (C=O) groups is 5. The lowest BCUT2D eigenvalue weighted by Gasteiger charge is -2.49. The fourth-order valence-corrected chi connectivity index (χ4v) is 9.01. The van der Waals surface area contributed by atoms with E-state index < -0.39 is 216 Å². The van der Waals surface area contributed by atoms with Gasteiger partial charge in [0.25, 0.3) is 0 Å². The molecule has 0 unspecified atom stereocenters. The summed E-state index contributed by atoms with van der Waals surface area (Å²) >= 11 is 0. The van der Waals surface area contributed by atoms with Crippen molar-refractivity contribution >= 4 is 29.4 Å². The summed E-state index contributed by atoms with van der Waals surface area (Å²) in [5.74, 6) is -4.45. The number of aliphatic hydroxyl groups is 12. The van der Waals surface area contributed by atoms with Gasteiger partial charge in [-0.2, -0.15) is 0 Å². The van der Waals surface area contributed by atoms with E-state index in [0.29, 0.717) is 0 Å². The summed E-state index contributed by atoms with van der Waals surface area (Å²) in [7, 11) is 0. The number of amides is 4. The molecular formula is C40H66N4O26. The smallest absolute Gasteiger partial charge is 0.217 e. The number of rotatable bonds is 18. The van der Waals surface area contributed by atoms with Gasteiger partial charge in [0.05, 0.1) is 51.1 Å². The number of hydrogen-bond donors (Lipinski definition) is 16. The number of carbonyl (C=O) groups excluding carboxylic acids is 5. The molecule has 0 aromatic carbocycles. The molecule has 0 aromatic heterocycles. The van der Waals surface area contributed by atoms with Crippen LogP contribution in [0.15, 0.2) is 0 Å². The van der Waals surface area contributed by atoms with Crippen molar-refractivity contribution in [2.75, 3.05) is 33.0 Å². The SMILES string of the molecule is CC(=O)N[C@@H]1[C@@H](NC(C)=O)[C@H](O[C@H]2[C@H](O)[C@@H](NC(C)=O)[C@H](OC[C@H]3O[C@H](OC[C@H]4O[C@@H](O[C@H]5[C@@H](O)[C@@H](CO)O[C@@H](O)[C@@H]5NC(C)=O)[C@H](O)[C@@H](O)[C@@H]4O)[C@H](O)[C@@H](O)[C@H]3O)O[C@@H]2CO)O[C@H](CO)[C@H]1C(C)=O. The first kappa shape index (κ1) is 57.6. The van der Waals surface area contributed by atoms with E-state index in [0.717, 1.165) is 27.7 Å². The molecule has 70 heavy (non-hydrogen) atoms. The van der Waals surface area contributed by atoms with Gasteiger partial charge < -0.3 is 125 Å². The van der Waals surface area contributed by atoms with Gasteiger partial charge >= 0.3 is 0 Å². The maximum absolute atomic E-state index is 12.8. The van der Waals surface area contributed by atoms with Gasteiger partial charge in [0.1, 0.15) is 109 Å². The average molecular weight is 1020 g/mol. The first-order valence-electron chi connectivity index (χ1n) is 22.3. The van der Waals surface area contributed by atoms with E-state index in [1.807, 2.05) is 0 Å². The molecule has 5 heterocycles. The largest absolute Gasteiger partial charge is 0.394 e. The van der Waals surface area contributed by atoms with Crippen LogP contribution in [0.3, 0.4) is 0 Å². The molecule has 0 radical (unpaired) electrons. The highest BCUT2D eigenvalue weighted by Crippen LogP contribution is 2.34. The molecule has 0 bridgehead atoms. The van der Waals surface area contributed by atoms with Gasteiger partial charge in [0, 0.05) is 27.7 Å². The predicted molar refractivity (Wildman–Crippen MR) is 221 cm³/mol. The Morgan fingerprint density at radius 2 is 0.829 bits per heavy atom. The summed E-state index contributed by atoms with van der Waals surface area (Å²) in [6.45, 7) is 1.53. The second-order valence-corrected chi connectivity index (χ2v) is 17.6. The number of Topliss-reactive ketones (excluding diaryl/α,β-unsaturated/α-hetero) is 1. The summed E-state index contributed by atoms with van der Waals surface area (Å²) < 4.78 is 51.6. The Labute approximate surface area is 399 Å². The van der Waals surface area contributed by atoms with Crippen molar-refractivity contribution in [2.45, 2.75) is 182 Å². The Balaban J connectivity index is 1.29. The van der Waals surface area contributed by atoms with Crippen molar-refractivity contribution in [3.8, 4) is 0 Å². The van der Waals surface area contributed by atoms with E-state index in [2.05, 4.69) is 21.3 Å². The second-order valence-electron chi connectivity index (χ2n) is 17.6. The van der Waals surface area contributed by atoms with Crippen LogP contribution in [-0.2, 0) is 66.6 Å². The summed E-state index contributed by atoms with van der Waals surface area (Å²) in [5.41, 5.74) is 0. The zero-order valence-corrected chi connectivity index (χ0v) is 38.6. The molecule has 25 atom stereocenters. The van der Waals surface area contributed by atoms with Gasteiger partial charge in [-0.1, -0.05) is 0 Å². The predicted octanol–water partition coefficient (Wildman–Crippen LogP) is -10.5. The molecule has 5 saturated heterocycles. The number of ether oxygens (including phenoxy) is 9. The van der Waals surface area contributed by atoms with E-state index >= 15 is 0 Å². The molecule has 0 spiro atoms. The van der Waals surface area contributed by atoms with E-state index in [1.165, 1.54) is 6.92 Å². The van der Waals surface area contributed by atoms with E-state index in [-0.39, 0.29) is 0 Å². The highest BCUT2D eigenvalue weighted by atomic mass is 16.8. The normalized spacial score (nSPS) is 44.4. The number of nitrogens with one attached hydrogen (secondary N) is 4. The van der Waals surface area contributed by atoms with Crippen LogP contribution in [0.2, 0.25) is 0 Å². The lowest BCUT2D eigenvalue weighted by Crippen LogP contribution is -2.71. The van der Waals surface area contributed by atoms with Gasteiger partial charge in [-0.15, -0.1) is 0 Å². The van der Waals surface area contributed by atoms with E-state index in [1.54, 1.807) is 0 Å². The number of ketones is 1. The first-order chi connectivity index (χ1) is 32.9. The highest BCUT2D eigenvalue weighted by Gasteiger charge is 2.55. The Morgan fingerprint density at radius 3 is 1.34 bits per heavy atom. The van der Waals surface area contributed by atoms with Crippen LogP contribution in [0.5, 0.6) is 0 Å². The summed E-state index contributed by atoms with van der Waals surface area (Å²) in [5, 5.41) is 138. The van der Waals surface area contributed by atoms with Gasteiger partial charge in [-0.05, 0) is 6.92 Å². The molecule has 5 rings (SSSR count). The zero-order chi connectivity index (χ0) is 52.0. The van der Waals surface area contributed by atoms with Gasteiger partial charge in [0.2, 0.25) is 23.6 Å². The third-order valence-corrected chi connectivity index (χ3v) is 12.4. The molecule has 16 N–H and O–H groups in total. The second kappa shape index (κ2) is 25.1. The van der Waals surface area contributed by atoms with Crippen LogP contribution in [0.25, 0.3) is 0 Å². The third-order valence-electron chi connectivity index (χ3n) is 12.4. The lowest BCUT2D eigenvalue weighted by molar-refractivity contribution is -0.355. The van der Waals surface area contributed by atoms with Gasteiger partial charge in [-0.25, -0.2) is 0 Å². The monoisotopic (exact) mass is 1020 g/mol. The fourth-order valence-electron chi connectivity index (χ4n) is 9.01. The Morgan fingerprint density at radius 1 is 0.400 bits per heavy atom. The van der Waals surface area contributed by atoms with Crippen molar-refractivity contribution < 1.29 is 128 Å². The molecule has 402 valence electrons. The van der Waals surface area contributed by atoms with Crippen LogP contribution in [0, 0.1) is 5.92 Å². The highest BCUT2D eigenvalue weighted by molar-refractivity contribution is 5.82. The van der Waals surface area contributed by atoms with Crippen LogP contribution in [0.1, 0.15) is 34.6 Å². The topological polar surface area (TPSA) is 459 Å². The minimum atomic E-state index is -2.03. The zero-order valence-electron chi connectivity index (χ0n) is 38.6. The third kappa shape index (κ3) is 13.3. The summed E-state index contributed by atoms with van der Waals surface area (Å²) in [4.78, 5) is 61.8. The standard InChI is InChI=1S/C40H66N4O26/c1-11(48)21-16(6-45)65-38(23(42-13(3)50)22(21)41-12(2)49)69-34-18(8-47)66-37(24(29(34)56)43-14(4)51)62-9-19-26(53)30(57)32(59)39(67-19)63-10-20-27(54)31(58)33(60)40(68-20)70-35-25(44-15(5)52)36(61)64-17(7-46)28(35)55/h16-40,45-47,53-61H,6-10H2,1-5H3,(H,41,49)(H,42,50)(H,43,51)(H,44,52)/t16-,17-,18-,19-,20-,21-,22+,23-,24-,25-,26+,27-,28+,29-,30+,31+,32-,33-,34-,35-,36-,37-,38+,39+,40+/m1/s1. The molecule has 5 aliphatic heterocycles. The Kier molecular flexibility index (Phi) is 20.7. The van der Waals surface area contributed by atoms with Crippen LogP contribution < -0.4 is 21.3 Å². The summed E-state index contributed by atoms with van der Waals surface area (Å²) in [6, 6.07) is -5.64. The molecule has 4 amide bonds. The van der Waals surface area contributed by atoms with Crippen LogP contribution in [-0.4, -0.2) is 271 Å². The van der Waals surface area contributed by atoms with Crippen molar-refractivity contribution in [3.63, 3.8) is 0 Å². The van der Waals surface area contributed by atoms with Crippen LogP contribution in [0.4, 0.5) is 0 Å². The Bertz CT molecular complexity index is 1770. The fraction of sp³-hybridized carbons (Fsp3) is 0.875. The van der Waals surface area contributed by atoms with Crippen molar-refractivity contribution in [1.82, 2.24) is 21.3 Å². The van der Waals surface area contributed by atoms with Crippen molar-refractivity contribution in [3.05, 3.63) is 0 Å². The van der Waals surface area contributed by atoms with Crippen molar-refractivity contribution in [2.24, 2.45) is 5.92 Å². The number of aliphatic hydroxyl groups excluding tert-OH is 12. The molecule has 30 heteroatoms. The minimum Gasteiger partial charge on any atom is -0.394 e. The van der Waals surface area contributed by atoms with E-state index in [9.17, 15) is 85.3 Å². The first-order valence-corrected chi connectivity index (χ1v) is 22.3. The van der Waals surface area contributed by atoms with Gasteiger partial charge in [-0.3, -0.25) is 24.0 Å². The van der Waals surface area contributed by atoms with Crippen LogP contribution >= 0.6 is 0 Å². The summed E-state index contributed by atoms with van der Waals surface area (Å²) in [6.07, 6.45) is -35.5. The van der Waals surface area contributed by atoms with Crippen molar-refractivity contribution in [1.29, 1.82) is 0 Å². The molecular weight excluding hydrogens is 952 g/mol. The maximum Gasteiger partial charge on any atom is 0.217 e. The molecule has 5 aliphatic rings. The quantitative estimate of drug-likeness (QED) is 0.0606. The average Bonchev–Trinajstić information content (AvgIpc) is 3.29. The number of hydrogen-bond acceptors (Lipinski definition) is 26. The lowest BCUT2D eigenvalue weighted by atomic mass is 9.82. The Hall–Kier alpha value is -3.29. The molecule has 0 aliphatic carbocycles.